The topological polar surface area (TPSA) is 61.4 Å². The first-order valence-electron chi connectivity index (χ1n) is 6.00. The Labute approximate surface area is 126 Å². The zero-order valence-corrected chi connectivity index (χ0v) is 13.4. The molecule has 3 N–H and O–H groups in total. The first-order chi connectivity index (χ1) is 9.08. The van der Waals surface area contributed by atoms with E-state index in [4.69, 9.17) is 5.11 Å². The van der Waals surface area contributed by atoms with Crippen molar-refractivity contribution in [1.82, 2.24) is 5.32 Å². The fraction of sp³-hybridized carbons (Fsp3) is 0.462. The third-order valence-corrected chi connectivity index (χ3v) is 4.63. The molecular weight excluding hydrogens is 328 g/mol. The fourth-order valence-electron chi connectivity index (χ4n) is 1.58. The van der Waals surface area contributed by atoms with Gasteiger partial charge < -0.3 is 15.7 Å². The van der Waals surface area contributed by atoms with E-state index < -0.39 is 0 Å². The van der Waals surface area contributed by atoms with Crippen LogP contribution in [0, 0.1) is 0 Å². The Kier molecular flexibility index (Phi) is 7.45. The van der Waals surface area contributed by atoms with E-state index in [9.17, 15) is 4.79 Å². The maximum absolute atomic E-state index is 11.8. The number of halogens is 1. The number of thioether (sulfide) groups is 1. The van der Waals surface area contributed by atoms with Crippen LogP contribution in [0.2, 0.25) is 0 Å². The van der Waals surface area contributed by atoms with Crippen molar-refractivity contribution in [3.8, 4) is 0 Å². The number of aliphatic hydroxyl groups is 1. The summed E-state index contributed by atoms with van der Waals surface area (Å²) in [6.07, 6.45) is 1.94. The van der Waals surface area contributed by atoms with Gasteiger partial charge in [0.2, 0.25) is 5.91 Å². The second-order valence-corrected chi connectivity index (χ2v) is 6.09. The van der Waals surface area contributed by atoms with Crippen molar-refractivity contribution in [2.45, 2.75) is 18.2 Å². The molecule has 106 valence electrons. The van der Waals surface area contributed by atoms with Crippen molar-refractivity contribution in [1.29, 1.82) is 0 Å². The van der Waals surface area contributed by atoms with Gasteiger partial charge in [0.1, 0.15) is 0 Å². The van der Waals surface area contributed by atoms with Crippen molar-refractivity contribution in [3.63, 3.8) is 0 Å². The third kappa shape index (κ3) is 5.52. The zero-order chi connectivity index (χ0) is 14.3. The second-order valence-electron chi connectivity index (χ2n) is 4.15. The van der Waals surface area contributed by atoms with E-state index in [0.29, 0.717) is 0 Å². The lowest BCUT2D eigenvalue weighted by Crippen LogP contribution is -2.41. The Morgan fingerprint density at radius 1 is 1.47 bits per heavy atom. The van der Waals surface area contributed by atoms with Crippen molar-refractivity contribution >= 4 is 39.3 Å². The summed E-state index contributed by atoms with van der Waals surface area (Å²) in [7, 11) is 0. The molecule has 0 radical (unpaired) electrons. The molecule has 0 spiro atoms. The number of aliphatic hydroxyl groups excluding tert-OH is 1. The van der Waals surface area contributed by atoms with Crippen LogP contribution in [0.4, 0.5) is 5.69 Å². The summed E-state index contributed by atoms with van der Waals surface area (Å²) >= 11 is 4.96. The molecular formula is C13H19BrN2O2S. The molecule has 1 amide bonds. The number of para-hydroxylation sites is 1. The van der Waals surface area contributed by atoms with Crippen LogP contribution in [0.3, 0.4) is 0 Å². The van der Waals surface area contributed by atoms with E-state index in [1.165, 1.54) is 0 Å². The number of hydrogen-bond acceptors (Lipinski definition) is 4. The minimum absolute atomic E-state index is 0.0740. The van der Waals surface area contributed by atoms with E-state index >= 15 is 0 Å². The molecule has 1 rings (SSSR count). The van der Waals surface area contributed by atoms with Gasteiger partial charge in [0.05, 0.1) is 18.8 Å². The van der Waals surface area contributed by atoms with Crippen molar-refractivity contribution in [3.05, 3.63) is 28.7 Å². The Hall–Kier alpha value is -0.560. The Morgan fingerprint density at radius 3 is 2.74 bits per heavy atom. The zero-order valence-electron chi connectivity index (χ0n) is 11.0. The fourth-order valence-corrected chi connectivity index (χ4v) is 2.62. The van der Waals surface area contributed by atoms with Crippen LogP contribution in [0.15, 0.2) is 28.7 Å². The van der Waals surface area contributed by atoms with E-state index in [-0.39, 0.29) is 30.4 Å². The van der Waals surface area contributed by atoms with Crippen LogP contribution < -0.4 is 10.6 Å². The Balaban J connectivity index is 2.42. The lowest BCUT2D eigenvalue weighted by molar-refractivity contribution is -0.115. The summed E-state index contributed by atoms with van der Waals surface area (Å²) in [5.74, 6) is -0.100. The van der Waals surface area contributed by atoms with Gasteiger partial charge in [-0.2, -0.15) is 11.8 Å². The number of carbonyl (C=O) groups excluding carboxylic acids is 1. The molecule has 0 saturated carbocycles. The van der Waals surface area contributed by atoms with Crippen LogP contribution >= 0.6 is 27.7 Å². The number of amides is 1. The molecule has 1 aromatic rings. The summed E-state index contributed by atoms with van der Waals surface area (Å²) < 4.78 is 0.855. The molecule has 0 fully saturated rings. The lowest BCUT2D eigenvalue weighted by atomic mass is 10.2. The maximum Gasteiger partial charge on any atom is 0.238 e. The quantitative estimate of drug-likeness (QED) is 0.707. The molecule has 0 saturated heterocycles. The minimum atomic E-state index is -0.100. The molecule has 2 atom stereocenters. The number of anilines is 1. The first-order valence-corrected chi connectivity index (χ1v) is 8.08. The summed E-state index contributed by atoms with van der Waals surface area (Å²) in [4.78, 5) is 11.8. The summed E-state index contributed by atoms with van der Waals surface area (Å²) in [6, 6.07) is 7.55. The summed E-state index contributed by atoms with van der Waals surface area (Å²) in [5.41, 5.74) is 0.755. The Morgan fingerprint density at radius 2 is 2.16 bits per heavy atom. The first kappa shape index (κ1) is 16.5. The molecule has 2 unspecified atom stereocenters. The monoisotopic (exact) mass is 346 g/mol. The normalized spacial score (nSPS) is 13.9. The Bertz CT molecular complexity index is 413. The smallest absolute Gasteiger partial charge is 0.238 e. The summed E-state index contributed by atoms with van der Waals surface area (Å²) in [5, 5.41) is 15.2. The van der Waals surface area contributed by atoms with Gasteiger partial charge in [0.25, 0.3) is 0 Å². The molecule has 6 heteroatoms. The summed E-state index contributed by atoms with van der Waals surface area (Å²) in [6.45, 7) is 2.28. The molecule has 0 aliphatic rings. The predicted octanol–water partition coefficient (Wildman–Crippen LogP) is 2.09. The van der Waals surface area contributed by atoms with Crippen LogP contribution in [0.5, 0.6) is 0 Å². The molecule has 4 nitrogen and oxygen atoms in total. The molecule has 19 heavy (non-hydrogen) atoms. The highest BCUT2D eigenvalue weighted by Gasteiger charge is 2.15. The number of hydrogen-bond donors (Lipinski definition) is 3. The van der Waals surface area contributed by atoms with Crippen molar-refractivity contribution in [2.24, 2.45) is 0 Å². The van der Waals surface area contributed by atoms with E-state index in [2.05, 4.69) is 26.6 Å². The van der Waals surface area contributed by atoms with Crippen molar-refractivity contribution in [2.75, 3.05) is 24.7 Å². The SMILES string of the molecule is CSC(CO)C(C)NCC(=O)Nc1ccccc1Br. The third-order valence-electron chi connectivity index (χ3n) is 2.77. The second kappa shape index (κ2) is 8.58. The van der Waals surface area contributed by atoms with E-state index in [0.717, 1.165) is 10.2 Å². The standard InChI is InChI=1S/C13H19BrN2O2S/c1-9(12(8-17)19-2)15-7-13(18)16-11-6-4-3-5-10(11)14/h3-6,9,12,15,17H,7-8H2,1-2H3,(H,16,18). The predicted molar refractivity (Wildman–Crippen MR) is 84.6 cm³/mol. The number of carbonyl (C=O) groups is 1. The highest BCUT2D eigenvalue weighted by atomic mass is 79.9. The van der Waals surface area contributed by atoms with Gasteiger partial charge in [0, 0.05) is 15.8 Å². The van der Waals surface area contributed by atoms with Gasteiger partial charge in [-0.3, -0.25) is 4.79 Å². The molecule has 0 bridgehead atoms. The van der Waals surface area contributed by atoms with Crippen LogP contribution in [0.1, 0.15) is 6.92 Å². The largest absolute Gasteiger partial charge is 0.395 e. The highest BCUT2D eigenvalue weighted by Crippen LogP contribution is 2.20. The van der Waals surface area contributed by atoms with Crippen LogP contribution in [0.25, 0.3) is 0 Å². The minimum Gasteiger partial charge on any atom is -0.395 e. The van der Waals surface area contributed by atoms with Gasteiger partial charge in [-0.05, 0) is 41.2 Å². The van der Waals surface area contributed by atoms with Gasteiger partial charge in [0.15, 0.2) is 0 Å². The maximum atomic E-state index is 11.8. The molecule has 0 aliphatic carbocycles. The average Bonchev–Trinajstić information content (AvgIpc) is 2.40. The molecule has 0 aliphatic heterocycles. The van der Waals surface area contributed by atoms with Crippen molar-refractivity contribution < 1.29 is 9.90 Å². The van der Waals surface area contributed by atoms with Gasteiger partial charge >= 0.3 is 0 Å². The van der Waals surface area contributed by atoms with Gasteiger partial charge in [-0.25, -0.2) is 0 Å². The molecule has 0 aromatic heterocycles. The van der Waals surface area contributed by atoms with E-state index in [1.54, 1.807) is 11.8 Å². The van der Waals surface area contributed by atoms with E-state index in [1.807, 2.05) is 37.4 Å². The average molecular weight is 347 g/mol. The number of benzene rings is 1. The highest BCUT2D eigenvalue weighted by molar-refractivity contribution is 9.10. The number of rotatable bonds is 7. The van der Waals surface area contributed by atoms with Crippen LogP contribution in [-0.2, 0) is 4.79 Å². The van der Waals surface area contributed by atoms with Crippen LogP contribution in [-0.4, -0.2) is 41.7 Å². The van der Waals surface area contributed by atoms with Gasteiger partial charge in [-0.15, -0.1) is 0 Å². The number of nitrogens with one attached hydrogen (secondary N) is 2. The van der Waals surface area contributed by atoms with Gasteiger partial charge in [-0.1, -0.05) is 12.1 Å². The molecule has 0 heterocycles. The molecule has 1 aromatic carbocycles. The lowest BCUT2D eigenvalue weighted by Gasteiger charge is -2.21.